The molecular weight excluding hydrogens is 322 g/mol. The van der Waals surface area contributed by atoms with Crippen molar-refractivity contribution in [2.45, 2.75) is 13.8 Å². The number of rotatable bonds is 5. The van der Waals surface area contributed by atoms with Gasteiger partial charge >= 0.3 is 17.5 Å². The summed E-state index contributed by atoms with van der Waals surface area (Å²) in [6, 6.07) is 4.65. The maximum Gasteiger partial charge on any atom is 0.417 e. The minimum Gasteiger partial charge on any atom is -0.492 e. The number of hydrogen-bond acceptors (Lipinski definition) is 5. The molecule has 1 aliphatic carbocycles. The molecule has 1 aliphatic rings. The molecule has 1 amide bonds. The molecule has 0 spiro atoms. The van der Waals surface area contributed by atoms with Crippen LogP contribution in [0.4, 0.5) is 0 Å². The average Bonchev–Trinajstić information content (AvgIpc) is 2.62. The third kappa shape index (κ3) is 3.88. The van der Waals surface area contributed by atoms with Gasteiger partial charge in [0.2, 0.25) is 0 Å². The summed E-state index contributed by atoms with van der Waals surface area (Å²) in [7, 11) is 3.11. The van der Waals surface area contributed by atoms with E-state index in [2.05, 4.69) is 10.3 Å². The Kier molecular flexibility index (Phi) is 5.94. The number of carbonyl (C=O) groups excluding carboxylic acids is 1. The SMILES string of the molecule is C/C=C1/C=C(NC(=O)c2cccc(OC)[n+]2O)C(OCC)=CC1=NC. The third-order valence-corrected chi connectivity index (χ3v) is 3.60. The number of nitrogens with zero attached hydrogens (tertiary/aromatic N) is 2. The Balaban J connectivity index is 2.35. The summed E-state index contributed by atoms with van der Waals surface area (Å²) < 4.78 is 11.3. The fourth-order valence-corrected chi connectivity index (χ4v) is 2.38. The summed E-state index contributed by atoms with van der Waals surface area (Å²) in [4.78, 5) is 16.8. The van der Waals surface area contributed by atoms with Gasteiger partial charge in [-0.25, -0.2) is 0 Å². The number of aliphatic imine (C=N–C) groups is 1. The molecule has 0 atom stereocenters. The van der Waals surface area contributed by atoms with Gasteiger partial charge in [-0.3, -0.25) is 15.0 Å². The maximum atomic E-state index is 12.6. The molecule has 0 fully saturated rings. The highest BCUT2D eigenvalue weighted by Crippen LogP contribution is 2.21. The number of carbonyl (C=O) groups is 1. The van der Waals surface area contributed by atoms with Crippen LogP contribution in [0.3, 0.4) is 0 Å². The summed E-state index contributed by atoms with van der Waals surface area (Å²) in [5.74, 6) is 0.167. The highest BCUT2D eigenvalue weighted by Gasteiger charge is 2.27. The predicted octanol–water partition coefficient (Wildman–Crippen LogP) is 1.78. The number of methoxy groups -OCH3 is 1. The van der Waals surface area contributed by atoms with Crippen LogP contribution < -0.4 is 14.8 Å². The summed E-state index contributed by atoms with van der Waals surface area (Å²) in [5, 5.41) is 12.8. The van der Waals surface area contributed by atoms with Gasteiger partial charge in [0.15, 0.2) is 0 Å². The van der Waals surface area contributed by atoms with Crippen LogP contribution in [0.25, 0.3) is 0 Å². The van der Waals surface area contributed by atoms with Crippen LogP contribution >= 0.6 is 0 Å². The van der Waals surface area contributed by atoms with Crippen LogP contribution in [0.5, 0.6) is 5.88 Å². The molecule has 7 nitrogen and oxygen atoms in total. The van der Waals surface area contributed by atoms with Crippen molar-refractivity contribution in [3.05, 3.63) is 59.2 Å². The zero-order chi connectivity index (χ0) is 18.4. The van der Waals surface area contributed by atoms with Gasteiger partial charge in [0.25, 0.3) is 0 Å². The number of hydrogen-bond donors (Lipinski definition) is 2. The minimum absolute atomic E-state index is 0.0353. The lowest BCUT2D eigenvalue weighted by atomic mass is 10.0. The van der Waals surface area contributed by atoms with E-state index in [9.17, 15) is 10.0 Å². The van der Waals surface area contributed by atoms with Crippen molar-refractivity contribution in [2.24, 2.45) is 4.99 Å². The topological polar surface area (TPSA) is 84.0 Å². The van der Waals surface area contributed by atoms with Gasteiger partial charge in [-0.05, 0) is 31.6 Å². The molecule has 0 saturated carbocycles. The molecule has 2 N–H and O–H groups in total. The van der Waals surface area contributed by atoms with E-state index in [0.717, 1.165) is 11.3 Å². The molecule has 0 radical (unpaired) electrons. The lowest BCUT2D eigenvalue weighted by Gasteiger charge is -2.19. The molecule has 0 bridgehead atoms. The molecule has 1 aromatic heterocycles. The van der Waals surface area contributed by atoms with Gasteiger partial charge in [0.1, 0.15) is 5.76 Å². The van der Waals surface area contributed by atoms with Gasteiger partial charge < -0.3 is 14.8 Å². The largest absolute Gasteiger partial charge is 0.492 e. The van der Waals surface area contributed by atoms with Crippen molar-refractivity contribution in [1.29, 1.82) is 0 Å². The molecule has 1 heterocycles. The number of allylic oxidation sites excluding steroid dienone is 4. The molecule has 2 rings (SSSR count). The average molecular weight is 344 g/mol. The number of aromatic nitrogens is 1. The highest BCUT2D eigenvalue weighted by atomic mass is 16.5. The molecule has 0 aliphatic heterocycles. The summed E-state index contributed by atoms with van der Waals surface area (Å²) in [6.45, 7) is 4.19. The highest BCUT2D eigenvalue weighted by molar-refractivity contribution is 6.12. The Morgan fingerprint density at radius 1 is 1.40 bits per heavy atom. The Bertz CT molecular complexity index is 792. The number of amides is 1. The molecule has 1 aromatic rings. The summed E-state index contributed by atoms with van der Waals surface area (Å²) in [5.41, 5.74) is 2.16. The molecule has 0 aromatic carbocycles. The Hall–Kier alpha value is -3.09. The van der Waals surface area contributed by atoms with Gasteiger partial charge in [-0.15, -0.1) is 0 Å². The number of nitrogens with one attached hydrogen (secondary N) is 1. The van der Waals surface area contributed by atoms with Gasteiger partial charge in [0, 0.05) is 19.2 Å². The first kappa shape index (κ1) is 18.3. The monoisotopic (exact) mass is 344 g/mol. The van der Waals surface area contributed by atoms with Crippen LogP contribution in [-0.2, 0) is 4.74 Å². The quantitative estimate of drug-likeness (QED) is 0.630. The number of pyridine rings is 1. The van der Waals surface area contributed by atoms with Gasteiger partial charge in [-0.1, -0.05) is 6.08 Å². The second kappa shape index (κ2) is 8.14. The lowest BCUT2D eigenvalue weighted by Crippen LogP contribution is -2.43. The van der Waals surface area contributed by atoms with Crippen LogP contribution in [-0.4, -0.2) is 37.6 Å². The van der Waals surface area contributed by atoms with E-state index in [0.29, 0.717) is 22.8 Å². The van der Waals surface area contributed by atoms with E-state index in [1.54, 1.807) is 31.3 Å². The maximum absolute atomic E-state index is 12.6. The van der Waals surface area contributed by atoms with Crippen LogP contribution in [0, 0.1) is 0 Å². The molecule has 0 unspecified atom stereocenters. The minimum atomic E-state index is -0.495. The summed E-state index contributed by atoms with van der Waals surface area (Å²) >= 11 is 0. The van der Waals surface area contributed by atoms with Crippen molar-refractivity contribution in [1.82, 2.24) is 5.32 Å². The fourth-order valence-electron chi connectivity index (χ4n) is 2.38. The predicted molar refractivity (Wildman–Crippen MR) is 92.7 cm³/mol. The molecule has 7 heteroatoms. The van der Waals surface area contributed by atoms with E-state index in [1.165, 1.54) is 13.2 Å². The van der Waals surface area contributed by atoms with Crippen LogP contribution in [0.1, 0.15) is 24.3 Å². The molecule has 132 valence electrons. The zero-order valence-electron chi connectivity index (χ0n) is 14.7. The first-order valence-corrected chi connectivity index (χ1v) is 7.85. The van der Waals surface area contributed by atoms with Crippen LogP contribution in [0.15, 0.2) is 58.4 Å². The fraction of sp³-hybridized carbons (Fsp3) is 0.278. The van der Waals surface area contributed by atoms with Crippen molar-refractivity contribution < 1.29 is 24.2 Å². The first-order chi connectivity index (χ1) is 12.0. The first-order valence-electron chi connectivity index (χ1n) is 7.85. The van der Waals surface area contributed by atoms with E-state index < -0.39 is 5.91 Å². The van der Waals surface area contributed by atoms with Crippen molar-refractivity contribution in [3.8, 4) is 5.88 Å². The number of ether oxygens (including phenoxy) is 2. The van der Waals surface area contributed by atoms with E-state index in [-0.39, 0.29) is 11.6 Å². The smallest absolute Gasteiger partial charge is 0.417 e. The van der Waals surface area contributed by atoms with Gasteiger partial charge in [0.05, 0.1) is 35.9 Å². The van der Waals surface area contributed by atoms with Crippen molar-refractivity contribution in [3.63, 3.8) is 0 Å². The molecule has 0 saturated heterocycles. The van der Waals surface area contributed by atoms with E-state index >= 15 is 0 Å². The normalized spacial score (nSPS) is 17.1. The zero-order valence-corrected chi connectivity index (χ0v) is 14.7. The summed E-state index contributed by atoms with van der Waals surface area (Å²) in [6.07, 6.45) is 5.45. The molecule has 25 heavy (non-hydrogen) atoms. The second-order valence-electron chi connectivity index (χ2n) is 5.07. The Labute approximate surface area is 146 Å². The van der Waals surface area contributed by atoms with Crippen molar-refractivity contribution >= 4 is 11.6 Å². The Morgan fingerprint density at radius 2 is 2.16 bits per heavy atom. The van der Waals surface area contributed by atoms with E-state index in [1.807, 2.05) is 19.9 Å². The lowest BCUT2D eigenvalue weighted by molar-refractivity contribution is -0.907. The van der Waals surface area contributed by atoms with Crippen LogP contribution in [0.2, 0.25) is 0 Å². The Morgan fingerprint density at radius 3 is 2.76 bits per heavy atom. The van der Waals surface area contributed by atoms with E-state index in [4.69, 9.17) is 9.47 Å². The van der Waals surface area contributed by atoms with Crippen molar-refractivity contribution in [2.75, 3.05) is 20.8 Å². The molecular formula is C18H22N3O4+. The third-order valence-electron chi connectivity index (χ3n) is 3.60. The standard InChI is InChI=1S/C18H21N3O4/c1-5-12-10-14(16(25-6-2)11-13(12)19-3)20-18(22)15-8-7-9-17(24-4)21(15)23/h5,7-11H,6H2,1-4H3,(H-,20,22,23)/p+1/b12-5-,19-13?. The van der Waals surface area contributed by atoms with Gasteiger partial charge in [-0.2, -0.15) is 0 Å². The second-order valence-corrected chi connectivity index (χ2v) is 5.07.